The number of nitrogens with one attached hydrogen (secondary N) is 1. The van der Waals surface area contributed by atoms with E-state index >= 15 is 0 Å². The Hall–Kier alpha value is -1.24. The highest BCUT2D eigenvalue weighted by atomic mass is 35.5. The van der Waals surface area contributed by atoms with Crippen LogP contribution in [-0.4, -0.2) is 31.2 Å². The fraction of sp³-hybridized carbons (Fsp3) is 0.357. The summed E-state index contributed by atoms with van der Waals surface area (Å²) in [5, 5.41) is 4.03. The molecule has 0 bridgehead atoms. The van der Waals surface area contributed by atoms with Crippen molar-refractivity contribution in [2.75, 3.05) is 31.1 Å². The first kappa shape index (κ1) is 17.1. The van der Waals surface area contributed by atoms with Crippen molar-refractivity contribution in [3.8, 4) is 0 Å². The highest BCUT2D eigenvalue weighted by Crippen LogP contribution is 2.39. The number of benzene rings is 1. The zero-order valence-corrected chi connectivity index (χ0v) is 13.0. The fourth-order valence-corrected chi connectivity index (χ4v) is 2.89. The maximum atomic E-state index is 13.1. The Kier molecular flexibility index (Phi) is 5.04. The van der Waals surface area contributed by atoms with Crippen molar-refractivity contribution in [1.29, 1.82) is 0 Å². The molecule has 1 aliphatic rings. The van der Waals surface area contributed by atoms with Crippen molar-refractivity contribution in [3.05, 3.63) is 35.0 Å². The Morgan fingerprint density at radius 2 is 1.86 bits per heavy atom. The first-order chi connectivity index (χ1) is 9.98. The molecule has 1 saturated heterocycles. The monoisotopic (exact) mass is 351 g/mol. The largest absolute Gasteiger partial charge is 0.418 e. The Balaban J connectivity index is 0.00000176. The van der Waals surface area contributed by atoms with E-state index in [-0.39, 0.29) is 17.9 Å². The Labute approximate surface area is 136 Å². The number of hydrogen-bond acceptors (Lipinski definition) is 3. The maximum absolute atomic E-state index is 13.1. The first-order valence-corrected chi connectivity index (χ1v) is 6.96. The van der Waals surface area contributed by atoms with Crippen LogP contribution in [0.4, 0.5) is 18.9 Å². The van der Waals surface area contributed by atoms with Crippen LogP contribution in [0.3, 0.4) is 0 Å². The van der Waals surface area contributed by atoms with Crippen LogP contribution in [0.1, 0.15) is 5.56 Å². The number of anilines is 1. The highest BCUT2D eigenvalue weighted by Gasteiger charge is 2.34. The molecule has 0 unspecified atom stereocenters. The highest BCUT2D eigenvalue weighted by molar-refractivity contribution is 6.34. The molecule has 1 aliphatic heterocycles. The normalized spacial score (nSPS) is 15.7. The molecule has 3 rings (SSSR count). The van der Waals surface area contributed by atoms with Gasteiger partial charge in [-0.1, -0.05) is 23.7 Å². The lowest BCUT2D eigenvalue weighted by Crippen LogP contribution is -2.43. The molecule has 0 amide bonds. The summed E-state index contributed by atoms with van der Waals surface area (Å²) in [5.41, 5.74) is -0.148. The minimum Gasteiger partial charge on any atom is -0.367 e. The third kappa shape index (κ3) is 3.09. The van der Waals surface area contributed by atoms with E-state index in [0.29, 0.717) is 29.2 Å². The van der Waals surface area contributed by atoms with Gasteiger partial charge in [0.15, 0.2) is 0 Å². The van der Waals surface area contributed by atoms with Crippen molar-refractivity contribution in [3.63, 3.8) is 0 Å². The third-order valence-electron chi connectivity index (χ3n) is 3.56. The second-order valence-corrected chi connectivity index (χ2v) is 5.30. The molecule has 1 aromatic heterocycles. The van der Waals surface area contributed by atoms with Gasteiger partial charge in [-0.3, -0.25) is 4.98 Å². The second-order valence-electron chi connectivity index (χ2n) is 4.89. The molecule has 0 aliphatic carbocycles. The standard InChI is InChI=1S/C14H13ClF3N3.ClH/c15-11-8-20-12-9(2-1-3-10(12)14(16,17)18)13(11)21-6-4-19-5-7-21;/h1-3,8,19H,4-7H2;1H. The van der Waals surface area contributed by atoms with Crippen LogP contribution in [-0.2, 0) is 6.18 Å². The number of aromatic nitrogens is 1. The van der Waals surface area contributed by atoms with Gasteiger partial charge in [0.25, 0.3) is 0 Å². The van der Waals surface area contributed by atoms with E-state index in [2.05, 4.69) is 10.3 Å². The number of piperazine rings is 1. The van der Waals surface area contributed by atoms with Crippen LogP contribution in [0, 0.1) is 0 Å². The smallest absolute Gasteiger partial charge is 0.367 e. The number of nitrogens with zero attached hydrogens (tertiary/aromatic N) is 2. The van der Waals surface area contributed by atoms with Crippen LogP contribution < -0.4 is 10.2 Å². The lowest BCUT2D eigenvalue weighted by atomic mass is 10.1. The molecule has 1 aromatic carbocycles. The Morgan fingerprint density at radius 1 is 1.18 bits per heavy atom. The quantitative estimate of drug-likeness (QED) is 0.848. The first-order valence-electron chi connectivity index (χ1n) is 6.58. The fourth-order valence-electron chi connectivity index (χ4n) is 2.62. The zero-order chi connectivity index (χ0) is 15.0. The van der Waals surface area contributed by atoms with Gasteiger partial charge in [-0.15, -0.1) is 12.4 Å². The Bertz CT molecular complexity index is 670. The van der Waals surface area contributed by atoms with Crippen molar-refractivity contribution >= 4 is 40.6 Å². The number of rotatable bonds is 1. The van der Waals surface area contributed by atoms with E-state index in [1.807, 2.05) is 4.90 Å². The minimum absolute atomic E-state index is 0. The molecule has 3 nitrogen and oxygen atoms in total. The summed E-state index contributed by atoms with van der Waals surface area (Å²) in [6, 6.07) is 4.08. The predicted octanol–water partition coefficient (Wildman–Crippen LogP) is 3.74. The molecule has 8 heteroatoms. The van der Waals surface area contributed by atoms with Crippen molar-refractivity contribution in [2.24, 2.45) is 0 Å². The van der Waals surface area contributed by atoms with Crippen LogP contribution in [0.2, 0.25) is 5.02 Å². The summed E-state index contributed by atoms with van der Waals surface area (Å²) in [7, 11) is 0. The predicted molar refractivity (Wildman–Crippen MR) is 84.1 cm³/mol. The summed E-state index contributed by atoms with van der Waals surface area (Å²) < 4.78 is 39.3. The van der Waals surface area contributed by atoms with Gasteiger partial charge < -0.3 is 10.2 Å². The van der Waals surface area contributed by atoms with E-state index < -0.39 is 11.7 Å². The summed E-state index contributed by atoms with van der Waals surface area (Å²) in [6.07, 6.45) is -3.13. The number of halogens is 5. The summed E-state index contributed by atoms with van der Waals surface area (Å²) in [4.78, 5) is 5.91. The van der Waals surface area contributed by atoms with Crippen LogP contribution in [0.25, 0.3) is 10.9 Å². The van der Waals surface area contributed by atoms with E-state index in [9.17, 15) is 13.2 Å². The lowest BCUT2D eigenvalue weighted by molar-refractivity contribution is -0.136. The molecule has 0 saturated carbocycles. The molecule has 2 heterocycles. The number of pyridine rings is 1. The molecule has 120 valence electrons. The van der Waals surface area contributed by atoms with Crippen LogP contribution in [0.5, 0.6) is 0 Å². The van der Waals surface area contributed by atoms with Gasteiger partial charge in [0.1, 0.15) is 0 Å². The van der Waals surface area contributed by atoms with Gasteiger partial charge in [-0.25, -0.2) is 0 Å². The summed E-state index contributed by atoms with van der Waals surface area (Å²) in [5.74, 6) is 0. The van der Waals surface area contributed by atoms with Gasteiger partial charge in [0, 0.05) is 37.8 Å². The second kappa shape index (κ2) is 6.48. The van der Waals surface area contributed by atoms with Crippen LogP contribution in [0.15, 0.2) is 24.4 Å². The van der Waals surface area contributed by atoms with E-state index in [0.717, 1.165) is 19.2 Å². The molecular formula is C14H14Cl2F3N3. The molecular weight excluding hydrogens is 338 g/mol. The van der Waals surface area contributed by atoms with E-state index in [1.54, 1.807) is 6.07 Å². The van der Waals surface area contributed by atoms with Crippen molar-refractivity contribution in [2.45, 2.75) is 6.18 Å². The topological polar surface area (TPSA) is 28.2 Å². The van der Waals surface area contributed by atoms with Gasteiger partial charge in [0.05, 0.1) is 21.8 Å². The zero-order valence-electron chi connectivity index (χ0n) is 11.5. The summed E-state index contributed by atoms with van der Waals surface area (Å²) in [6.45, 7) is 2.96. The van der Waals surface area contributed by atoms with Crippen LogP contribution >= 0.6 is 24.0 Å². The van der Waals surface area contributed by atoms with Crippen molar-refractivity contribution < 1.29 is 13.2 Å². The number of fused-ring (bicyclic) bond motifs is 1. The van der Waals surface area contributed by atoms with Gasteiger partial charge in [0.2, 0.25) is 0 Å². The summed E-state index contributed by atoms with van der Waals surface area (Å²) >= 11 is 6.20. The molecule has 2 aromatic rings. The minimum atomic E-state index is -4.43. The van der Waals surface area contributed by atoms with Gasteiger partial charge in [-0.2, -0.15) is 13.2 Å². The lowest BCUT2D eigenvalue weighted by Gasteiger charge is -2.31. The van der Waals surface area contributed by atoms with Gasteiger partial charge in [-0.05, 0) is 6.07 Å². The Morgan fingerprint density at radius 3 is 2.50 bits per heavy atom. The average molecular weight is 352 g/mol. The number of alkyl halides is 3. The molecule has 0 atom stereocenters. The van der Waals surface area contributed by atoms with E-state index in [1.165, 1.54) is 12.3 Å². The maximum Gasteiger partial charge on any atom is 0.418 e. The third-order valence-corrected chi connectivity index (χ3v) is 3.84. The molecule has 0 radical (unpaired) electrons. The average Bonchev–Trinajstić information content (AvgIpc) is 2.46. The number of para-hydroxylation sites is 1. The molecule has 1 N–H and O–H groups in total. The molecule has 0 spiro atoms. The van der Waals surface area contributed by atoms with Gasteiger partial charge >= 0.3 is 6.18 Å². The van der Waals surface area contributed by atoms with Crippen molar-refractivity contribution in [1.82, 2.24) is 10.3 Å². The number of hydrogen-bond donors (Lipinski definition) is 1. The molecule has 1 fully saturated rings. The SMILES string of the molecule is Cl.FC(F)(F)c1cccc2c(N3CCNCC3)c(Cl)cnc12. The molecule has 22 heavy (non-hydrogen) atoms. The van der Waals surface area contributed by atoms with E-state index in [4.69, 9.17) is 11.6 Å².